The molecule has 3 aromatic carbocycles. The highest BCUT2D eigenvalue weighted by atomic mass is 32.1. The minimum atomic E-state index is 0.0297. The maximum atomic E-state index is 6.13. The Labute approximate surface area is 223 Å². The summed E-state index contributed by atoms with van der Waals surface area (Å²) in [5.74, 6) is 1.60. The molecule has 0 atom stereocenters. The summed E-state index contributed by atoms with van der Waals surface area (Å²) in [5, 5.41) is 5.95. The van der Waals surface area contributed by atoms with Crippen LogP contribution in [0.15, 0.2) is 76.5 Å². The van der Waals surface area contributed by atoms with Gasteiger partial charge in [-0.25, -0.2) is 4.98 Å². The van der Waals surface area contributed by atoms with Crippen molar-refractivity contribution in [2.45, 2.75) is 53.4 Å². The maximum Gasteiger partial charge on any atom is 0.134 e. The van der Waals surface area contributed by atoms with Gasteiger partial charge in [0.1, 0.15) is 11.3 Å². The average Bonchev–Trinajstić information content (AvgIpc) is 3.46. The van der Waals surface area contributed by atoms with E-state index in [1.165, 1.54) is 48.7 Å². The molecule has 0 amide bonds. The third-order valence-corrected chi connectivity index (χ3v) is 8.23. The molecule has 2 nitrogen and oxygen atoms in total. The zero-order valence-electron chi connectivity index (χ0n) is 22.5. The van der Waals surface area contributed by atoms with Gasteiger partial charge in [-0.05, 0) is 88.4 Å². The predicted molar refractivity (Wildman–Crippen MR) is 160 cm³/mol. The summed E-state index contributed by atoms with van der Waals surface area (Å²) in [6.45, 7) is 13.5. The number of nitrogens with zero attached hydrogens (tertiary/aromatic N) is 1. The standard InChI is InChI=1S/C34H33NOS/c1-20(2)15-26-21(3)36-32-12-11-23(17-28(26)32)27-19-31(35-30-13-14-37-33(27)30)24-16-22-9-7-8-10-25(22)29(18-24)34(4,5)6/h7-14,16-20H,15H2,1-6H3. The second-order valence-corrected chi connectivity index (χ2v) is 12.5. The van der Waals surface area contributed by atoms with Crippen LogP contribution in [0.2, 0.25) is 0 Å². The molecule has 0 saturated heterocycles. The lowest BCUT2D eigenvalue weighted by Gasteiger charge is -2.23. The third-order valence-electron chi connectivity index (χ3n) is 7.29. The Hall–Kier alpha value is -3.43. The van der Waals surface area contributed by atoms with Crippen molar-refractivity contribution in [1.29, 1.82) is 0 Å². The fourth-order valence-corrected chi connectivity index (χ4v) is 6.37. The number of benzene rings is 3. The second-order valence-electron chi connectivity index (χ2n) is 11.6. The largest absolute Gasteiger partial charge is 0.461 e. The highest BCUT2D eigenvalue weighted by Crippen LogP contribution is 2.40. The zero-order valence-corrected chi connectivity index (χ0v) is 23.3. The van der Waals surface area contributed by atoms with Gasteiger partial charge in [-0.2, -0.15) is 0 Å². The Kier molecular flexibility index (Phi) is 5.72. The first-order valence-electron chi connectivity index (χ1n) is 13.1. The van der Waals surface area contributed by atoms with Crippen LogP contribution in [0.4, 0.5) is 0 Å². The van der Waals surface area contributed by atoms with Crippen LogP contribution < -0.4 is 0 Å². The van der Waals surface area contributed by atoms with E-state index in [4.69, 9.17) is 9.40 Å². The van der Waals surface area contributed by atoms with Crippen LogP contribution in [0.1, 0.15) is 51.5 Å². The molecule has 0 spiro atoms. The third kappa shape index (κ3) is 4.26. The van der Waals surface area contributed by atoms with E-state index in [9.17, 15) is 0 Å². The molecule has 186 valence electrons. The van der Waals surface area contributed by atoms with E-state index >= 15 is 0 Å². The Balaban J connectivity index is 1.58. The van der Waals surface area contributed by atoms with Crippen molar-refractivity contribution in [2.75, 3.05) is 0 Å². The number of hydrogen-bond donors (Lipinski definition) is 0. The Bertz CT molecular complexity index is 1780. The van der Waals surface area contributed by atoms with E-state index in [-0.39, 0.29) is 5.41 Å². The van der Waals surface area contributed by atoms with Crippen molar-refractivity contribution in [3.05, 3.63) is 89.0 Å². The minimum absolute atomic E-state index is 0.0297. The maximum absolute atomic E-state index is 6.13. The fraction of sp³-hybridized carbons (Fsp3) is 0.265. The first kappa shape index (κ1) is 23.9. The van der Waals surface area contributed by atoms with Crippen LogP contribution in [0.3, 0.4) is 0 Å². The number of furan rings is 1. The molecule has 6 aromatic rings. The molecule has 0 unspecified atom stereocenters. The van der Waals surface area contributed by atoms with Crippen molar-refractivity contribution in [3.63, 3.8) is 0 Å². The van der Waals surface area contributed by atoms with Crippen molar-refractivity contribution in [2.24, 2.45) is 5.92 Å². The molecule has 0 N–H and O–H groups in total. The zero-order chi connectivity index (χ0) is 25.9. The van der Waals surface area contributed by atoms with Gasteiger partial charge in [0, 0.05) is 22.1 Å². The quantitative estimate of drug-likeness (QED) is 0.239. The SMILES string of the molecule is Cc1oc2ccc(-c3cc(-c4cc(C(C)(C)C)c5ccccc5c4)nc4ccsc34)cc2c1CC(C)C. The Morgan fingerprint density at radius 3 is 2.49 bits per heavy atom. The molecule has 3 heterocycles. The lowest BCUT2D eigenvalue weighted by atomic mass is 9.82. The van der Waals surface area contributed by atoms with E-state index in [2.05, 4.69) is 114 Å². The molecule has 0 aliphatic carbocycles. The van der Waals surface area contributed by atoms with Gasteiger partial charge < -0.3 is 4.42 Å². The summed E-state index contributed by atoms with van der Waals surface area (Å²) in [6.07, 6.45) is 1.02. The number of hydrogen-bond acceptors (Lipinski definition) is 3. The van der Waals surface area contributed by atoms with E-state index in [1.54, 1.807) is 11.3 Å². The number of aryl methyl sites for hydroxylation is 1. The van der Waals surface area contributed by atoms with E-state index in [1.807, 2.05) is 0 Å². The molecule has 0 saturated carbocycles. The summed E-state index contributed by atoms with van der Waals surface area (Å²) >= 11 is 1.76. The molecule has 6 rings (SSSR count). The van der Waals surface area contributed by atoms with E-state index in [0.29, 0.717) is 5.92 Å². The van der Waals surface area contributed by atoms with Crippen LogP contribution in [0.5, 0.6) is 0 Å². The molecule has 3 aromatic heterocycles. The van der Waals surface area contributed by atoms with Gasteiger partial charge in [0.05, 0.1) is 15.9 Å². The normalized spacial score (nSPS) is 12.4. The number of rotatable bonds is 4. The van der Waals surface area contributed by atoms with Crippen LogP contribution in [-0.4, -0.2) is 4.98 Å². The summed E-state index contributed by atoms with van der Waals surface area (Å²) in [7, 11) is 0. The highest BCUT2D eigenvalue weighted by Gasteiger charge is 2.20. The smallest absolute Gasteiger partial charge is 0.134 e. The lowest BCUT2D eigenvalue weighted by Crippen LogP contribution is -2.12. The van der Waals surface area contributed by atoms with Crippen molar-refractivity contribution in [1.82, 2.24) is 4.98 Å². The summed E-state index contributed by atoms with van der Waals surface area (Å²) in [5.41, 5.74) is 9.36. The molecular formula is C34H33NOS. The number of thiophene rings is 1. The van der Waals surface area contributed by atoms with Gasteiger partial charge in [-0.1, -0.05) is 65.0 Å². The van der Waals surface area contributed by atoms with Crippen LogP contribution in [0, 0.1) is 12.8 Å². The average molecular weight is 504 g/mol. The first-order chi connectivity index (χ1) is 17.7. The topological polar surface area (TPSA) is 26.0 Å². The van der Waals surface area contributed by atoms with Crippen molar-refractivity contribution >= 4 is 43.3 Å². The van der Waals surface area contributed by atoms with E-state index in [0.717, 1.165) is 29.0 Å². The summed E-state index contributed by atoms with van der Waals surface area (Å²) in [4.78, 5) is 5.14. The monoisotopic (exact) mass is 503 g/mol. The lowest BCUT2D eigenvalue weighted by molar-refractivity contribution is 0.560. The summed E-state index contributed by atoms with van der Waals surface area (Å²) < 4.78 is 7.36. The second kappa shape index (κ2) is 8.85. The molecular weight excluding hydrogens is 470 g/mol. The Morgan fingerprint density at radius 1 is 0.892 bits per heavy atom. The fourth-order valence-electron chi connectivity index (χ4n) is 5.50. The molecule has 0 aliphatic rings. The van der Waals surface area contributed by atoms with Gasteiger partial charge in [0.2, 0.25) is 0 Å². The minimum Gasteiger partial charge on any atom is -0.461 e. The Morgan fingerprint density at radius 2 is 1.70 bits per heavy atom. The molecule has 37 heavy (non-hydrogen) atoms. The van der Waals surface area contributed by atoms with Crippen LogP contribution in [-0.2, 0) is 11.8 Å². The van der Waals surface area contributed by atoms with Crippen LogP contribution >= 0.6 is 11.3 Å². The summed E-state index contributed by atoms with van der Waals surface area (Å²) in [6, 6.07) is 24.4. The van der Waals surface area contributed by atoms with Gasteiger partial charge in [0.15, 0.2) is 0 Å². The van der Waals surface area contributed by atoms with Gasteiger partial charge in [0.25, 0.3) is 0 Å². The molecule has 3 heteroatoms. The number of aromatic nitrogens is 1. The highest BCUT2D eigenvalue weighted by molar-refractivity contribution is 7.17. The van der Waals surface area contributed by atoms with Crippen molar-refractivity contribution < 1.29 is 4.42 Å². The number of pyridine rings is 1. The van der Waals surface area contributed by atoms with Crippen molar-refractivity contribution in [3.8, 4) is 22.4 Å². The van der Waals surface area contributed by atoms with E-state index < -0.39 is 0 Å². The first-order valence-corrected chi connectivity index (χ1v) is 14.0. The molecule has 0 aliphatic heterocycles. The molecule has 0 fully saturated rings. The van der Waals surface area contributed by atoms with Gasteiger partial charge >= 0.3 is 0 Å². The van der Waals surface area contributed by atoms with Gasteiger partial charge in [-0.15, -0.1) is 11.3 Å². The predicted octanol–water partition coefficient (Wildman–Crippen LogP) is 10.3. The number of fused-ring (bicyclic) bond motifs is 3. The molecule has 0 radical (unpaired) electrons. The van der Waals surface area contributed by atoms with Gasteiger partial charge in [-0.3, -0.25) is 0 Å². The van der Waals surface area contributed by atoms with Crippen LogP contribution in [0.25, 0.3) is 54.3 Å². The molecule has 0 bridgehead atoms.